The van der Waals surface area contributed by atoms with Crippen LogP contribution < -0.4 is 5.32 Å². The summed E-state index contributed by atoms with van der Waals surface area (Å²) in [4.78, 5) is 18.9. The number of hydrogen-bond donors (Lipinski definition) is 1. The number of anilines is 1. The van der Waals surface area contributed by atoms with E-state index in [0.29, 0.717) is 29.9 Å². The molecule has 2 amide bonds. The lowest BCUT2D eigenvalue weighted by molar-refractivity contribution is -0.137. The monoisotopic (exact) mass is 449 g/mol. The molecule has 0 saturated heterocycles. The molecule has 0 spiro atoms. The van der Waals surface area contributed by atoms with Gasteiger partial charge in [0.1, 0.15) is 17.0 Å². The largest absolute Gasteiger partial charge is 0.416 e. The second-order valence-corrected chi connectivity index (χ2v) is 7.47. The van der Waals surface area contributed by atoms with Crippen LogP contribution >= 0.6 is 11.6 Å². The van der Waals surface area contributed by atoms with Gasteiger partial charge >= 0.3 is 12.2 Å². The van der Waals surface area contributed by atoms with Crippen LogP contribution in [0.2, 0.25) is 5.15 Å². The number of urea groups is 1. The standard InChI is InChI=1S/C22H16ClF4N3O/c23-18-10-3-13-11-12-30(21(31)28-17-8-6-16(24)7-9-17)20(19(13)29-18)14-1-4-15(5-2-14)22(25,26)27/h1-10,20H,11-12H2,(H,28,31). The van der Waals surface area contributed by atoms with Gasteiger partial charge in [0.05, 0.1) is 11.3 Å². The highest BCUT2D eigenvalue weighted by molar-refractivity contribution is 6.29. The Labute approximate surface area is 180 Å². The molecule has 1 atom stereocenters. The third kappa shape index (κ3) is 4.49. The minimum Gasteiger partial charge on any atom is -0.311 e. The first-order valence-electron chi connectivity index (χ1n) is 9.38. The third-order valence-electron chi connectivity index (χ3n) is 5.08. The molecule has 0 aliphatic carbocycles. The van der Waals surface area contributed by atoms with Gasteiger partial charge in [-0.2, -0.15) is 13.2 Å². The summed E-state index contributed by atoms with van der Waals surface area (Å²) in [6.45, 7) is 0.315. The highest BCUT2D eigenvalue weighted by atomic mass is 35.5. The molecule has 1 aromatic heterocycles. The lowest BCUT2D eigenvalue weighted by atomic mass is 9.92. The fourth-order valence-electron chi connectivity index (χ4n) is 3.58. The van der Waals surface area contributed by atoms with Gasteiger partial charge in [-0.05, 0) is 60.0 Å². The normalized spacial score (nSPS) is 16.0. The first-order valence-corrected chi connectivity index (χ1v) is 9.76. The number of carbonyl (C=O) groups is 1. The number of benzene rings is 2. The molecule has 160 valence electrons. The van der Waals surface area contributed by atoms with Gasteiger partial charge in [0.15, 0.2) is 0 Å². The molecule has 1 N–H and O–H groups in total. The zero-order valence-corrected chi connectivity index (χ0v) is 16.7. The zero-order chi connectivity index (χ0) is 22.2. The lowest BCUT2D eigenvalue weighted by Crippen LogP contribution is -2.43. The number of rotatable bonds is 2. The molecular weight excluding hydrogens is 434 g/mol. The Hall–Kier alpha value is -3.13. The van der Waals surface area contributed by atoms with Gasteiger partial charge in [-0.3, -0.25) is 0 Å². The van der Waals surface area contributed by atoms with Crippen molar-refractivity contribution in [2.75, 3.05) is 11.9 Å². The van der Waals surface area contributed by atoms with Crippen LogP contribution in [0.15, 0.2) is 60.7 Å². The summed E-state index contributed by atoms with van der Waals surface area (Å²) < 4.78 is 52.2. The van der Waals surface area contributed by atoms with Crippen molar-refractivity contribution in [2.45, 2.75) is 18.6 Å². The molecule has 1 aliphatic rings. The number of fused-ring (bicyclic) bond motifs is 1. The Morgan fingerprint density at radius 3 is 2.35 bits per heavy atom. The number of nitrogens with zero attached hydrogens (tertiary/aromatic N) is 2. The molecule has 0 saturated carbocycles. The van der Waals surface area contributed by atoms with E-state index in [-0.39, 0.29) is 5.15 Å². The van der Waals surface area contributed by atoms with Crippen LogP contribution in [0.3, 0.4) is 0 Å². The summed E-state index contributed by atoms with van der Waals surface area (Å²) in [5.41, 5.74) is 1.45. The van der Waals surface area contributed by atoms with E-state index in [1.807, 2.05) is 0 Å². The molecule has 0 radical (unpaired) electrons. The fraction of sp³-hybridized carbons (Fsp3) is 0.182. The summed E-state index contributed by atoms with van der Waals surface area (Å²) >= 11 is 6.07. The molecule has 4 nitrogen and oxygen atoms in total. The van der Waals surface area contributed by atoms with E-state index in [1.165, 1.54) is 41.3 Å². The maximum absolute atomic E-state index is 13.2. The van der Waals surface area contributed by atoms with Crippen molar-refractivity contribution < 1.29 is 22.4 Å². The second kappa shape index (κ2) is 8.19. The van der Waals surface area contributed by atoms with E-state index in [4.69, 9.17) is 11.6 Å². The van der Waals surface area contributed by atoms with E-state index in [0.717, 1.165) is 17.7 Å². The van der Waals surface area contributed by atoms with Gasteiger partial charge < -0.3 is 10.2 Å². The molecule has 9 heteroatoms. The van der Waals surface area contributed by atoms with Gasteiger partial charge in [-0.25, -0.2) is 14.2 Å². The van der Waals surface area contributed by atoms with Crippen molar-refractivity contribution >= 4 is 23.3 Å². The smallest absolute Gasteiger partial charge is 0.311 e. The molecule has 4 rings (SSSR count). The summed E-state index contributed by atoms with van der Waals surface area (Å²) in [6.07, 6.45) is -3.96. The molecular formula is C22H16ClF4N3O. The average molecular weight is 450 g/mol. The number of alkyl halides is 3. The molecule has 1 aliphatic heterocycles. The zero-order valence-electron chi connectivity index (χ0n) is 16.0. The minimum atomic E-state index is -4.47. The van der Waals surface area contributed by atoms with Crippen molar-refractivity contribution in [1.29, 1.82) is 0 Å². The van der Waals surface area contributed by atoms with Crippen molar-refractivity contribution in [3.63, 3.8) is 0 Å². The van der Waals surface area contributed by atoms with E-state index in [1.54, 1.807) is 12.1 Å². The van der Waals surface area contributed by atoms with Gasteiger partial charge in [0.25, 0.3) is 0 Å². The molecule has 2 aromatic carbocycles. The van der Waals surface area contributed by atoms with Crippen LogP contribution in [0.1, 0.15) is 28.4 Å². The van der Waals surface area contributed by atoms with Crippen LogP contribution in [-0.4, -0.2) is 22.5 Å². The average Bonchev–Trinajstić information content (AvgIpc) is 2.74. The first-order chi connectivity index (χ1) is 14.7. The van der Waals surface area contributed by atoms with Crippen molar-refractivity contribution in [2.24, 2.45) is 0 Å². The maximum Gasteiger partial charge on any atom is 0.416 e. The topological polar surface area (TPSA) is 45.2 Å². The van der Waals surface area contributed by atoms with Crippen molar-refractivity contribution in [3.05, 3.63) is 94.0 Å². The number of halogens is 5. The van der Waals surface area contributed by atoms with Crippen LogP contribution in [0.5, 0.6) is 0 Å². The SMILES string of the molecule is O=C(Nc1ccc(F)cc1)N1CCc2ccc(Cl)nc2C1c1ccc(C(F)(F)F)cc1. The van der Waals surface area contributed by atoms with E-state index in [2.05, 4.69) is 10.3 Å². The number of hydrogen-bond acceptors (Lipinski definition) is 2. The molecule has 1 unspecified atom stereocenters. The van der Waals surface area contributed by atoms with Crippen molar-refractivity contribution in [3.8, 4) is 0 Å². The lowest BCUT2D eigenvalue weighted by Gasteiger charge is -2.37. The van der Waals surface area contributed by atoms with Crippen LogP contribution in [0.25, 0.3) is 0 Å². The Morgan fingerprint density at radius 1 is 1.03 bits per heavy atom. The van der Waals surface area contributed by atoms with Crippen LogP contribution in [0, 0.1) is 5.82 Å². The van der Waals surface area contributed by atoms with E-state index < -0.39 is 29.6 Å². The summed E-state index contributed by atoms with van der Waals surface area (Å²) in [5.74, 6) is -0.439. The van der Waals surface area contributed by atoms with E-state index >= 15 is 0 Å². The fourth-order valence-corrected chi connectivity index (χ4v) is 3.74. The Morgan fingerprint density at radius 2 is 1.71 bits per heavy atom. The second-order valence-electron chi connectivity index (χ2n) is 7.08. The van der Waals surface area contributed by atoms with Crippen molar-refractivity contribution in [1.82, 2.24) is 9.88 Å². The molecule has 0 bridgehead atoms. The Kier molecular flexibility index (Phi) is 5.58. The highest BCUT2D eigenvalue weighted by Gasteiger charge is 2.35. The third-order valence-corrected chi connectivity index (χ3v) is 5.29. The van der Waals surface area contributed by atoms with Gasteiger partial charge in [-0.15, -0.1) is 0 Å². The molecule has 3 aromatic rings. The quantitative estimate of drug-likeness (QED) is 0.381. The maximum atomic E-state index is 13.2. The summed E-state index contributed by atoms with van der Waals surface area (Å²) in [7, 11) is 0. The molecule has 0 fully saturated rings. The van der Waals surface area contributed by atoms with Crippen LogP contribution in [0.4, 0.5) is 28.0 Å². The van der Waals surface area contributed by atoms with E-state index in [9.17, 15) is 22.4 Å². The predicted molar refractivity (Wildman–Crippen MR) is 108 cm³/mol. The number of pyridine rings is 1. The predicted octanol–water partition coefficient (Wildman–Crippen LogP) is 6.07. The van der Waals surface area contributed by atoms with Crippen LogP contribution in [-0.2, 0) is 12.6 Å². The Balaban J connectivity index is 1.71. The van der Waals surface area contributed by atoms with Gasteiger partial charge in [0.2, 0.25) is 0 Å². The number of amides is 2. The number of aromatic nitrogens is 1. The number of carbonyl (C=O) groups excluding carboxylic acids is 1. The first kappa shape index (κ1) is 21.1. The Bertz CT molecular complexity index is 1100. The van der Waals surface area contributed by atoms with Gasteiger partial charge in [0, 0.05) is 12.2 Å². The minimum absolute atomic E-state index is 0.219. The molecule has 2 heterocycles. The van der Waals surface area contributed by atoms with Gasteiger partial charge in [-0.1, -0.05) is 29.8 Å². The number of nitrogens with one attached hydrogen (secondary N) is 1. The highest BCUT2D eigenvalue weighted by Crippen LogP contribution is 2.37. The summed E-state index contributed by atoms with van der Waals surface area (Å²) in [5, 5.41) is 2.92. The molecule has 31 heavy (non-hydrogen) atoms. The summed E-state index contributed by atoms with van der Waals surface area (Å²) in [6, 6.07) is 12.1.